The molecule has 0 aliphatic heterocycles. The number of rotatable bonds is 7. The molecule has 0 spiro atoms. The first kappa shape index (κ1) is 26.8. The number of aliphatic hydroxyl groups excluding tert-OH is 2. The fourth-order valence-electron chi connectivity index (χ4n) is 9.45. The summed E-state index contributed by atoms with van der Waals surface area (Å²) in [4.78, 5) is 0. The summed E-state index contributed by atoms with van der Waals surface area (Å²) in [6.07, 6.45) is 8.89. The molecule has 0 bridgehead atoms. The maximum atomic E-state index is 11.4. The van der Waals surface area contributed by atoms with Gasteiger partial charge < -0.3 is 10.2 Å². The van der Waals surface area contributed by atoms with Crippen molar-refractivity contribution in [3.05, 3.63) is 0 Å². The average Bonchev–Trinajstić information content (AvgIpc) is 3.08. The molecule has 0 aromatic rings. The minimum atomic E-state index is -4.45. The molecule has 4 aliphatic carbocycles. The standard InChI is InChI=1S/C27H48O6S/c1-16(2)24(33-34(30,31)32)9-6-17(3)20-7-8-21-25-22(11-13-27(20,21)5)26(4)12-10-19(28)14-18(26)15-23(25)29/h16-25,28-29H,6-15H2,1-5H3,(H,30,31,32)/t17-,18+,19?,20-,21?,22?,23?,24-,25?,26+,27-/m1/s1. The van der Waals surface area contributed by atoms with Gasteiger partial charge in [0.25, 0.3) is 0 Å². The van der Waals surface area contributed by atoms with E-state index in [0.29, 0.717) is 41.9 Å². The predicted molar refractivity (Wildman–Crippen MR) is 132 cm³/mol. The molecule has 5 unspecified atom stereocenters. The second-order valence-corrected chi connectivity index (χ2v) is 14.4. The molecule has 198 valence electrons. The van der Waals surface area contributed by atoms with Crippen molar-refractivity contribution in [2.24, 2.45) is 52.3 Å². The van der Waals surface area contributed by atoms with Gasteiger partial charge in [0.05, 0.1) is 18.3 Å². The molecule has 0 aromatic heterocycles. The highest BCUT2D eigenvalue weighted by molar-refractivity contribution is 7.80. The van der Waals surface area contributed by atoms with Gasteiger partial charge in [0, 0.05) is 0 Å². The highest BCUT2D eigenvalue weighted by Gasteiger charge is 2.62. The van der Waals surface area contributed by atoms with Gasteiger partial charge in [-0.15, -0.1) is 0 Å². The van der Waals surface area contributed by atoms with Crippen molar-refractivity contribution in [1.82, 2.24) is 0 Å². The molecular formula is C27H48O6S. The van der Waals surface area contributed by atoms with Crippen LogP contribution in [0.1, 0.15) is 98.8 Å². The molecule has 4 fully saturated rings. The van der Waals surface area contributed by atoms with Crippen molar-refractivity contribution in [1.29, 1.82) is 0 Å². The molecule has 7 heteroatoms. The first-order valence-electron chi connectivity index (χ1n) is 13.8. The number of hydrogen-bond donors (Lipinski definition) is 3. The van der Waals surface area contributed by atoms with E-state index >= 15 is 0 Å². The average molecular weight is 501 g/mol. The lowest BCUT2D eigenvalue weighted by Gasteiger charge is -2.62. The molecule has 34 heavy (non-hydrogen) atoms. The summed E-state index contributed by atoms with van der Waals surface area (Å²) < 4.78 is 36.7. The second kappa shape index (κ2) is 9.59. The van der Waals surface area contributed by atoms with Crippen LogP contribution in [-0.4, -0.2) is 41.5 Å². The van der Waals surface area contributed by atoms with Crippen LogP contribution in [0.25, 0.3) is 0 Å². The molecule has 4 rings (SSSR count). The fourth-order valence-corrected chi connectivity index (χ4v) is 10.1. The summed E-state index contributed by atoms with van der Waals surface area (Å²) in [5.74, 6) is 2.89. The van der Waals surface area contributed by atoms with Gasteiger partial charge in [-0.3, -0.25) is 4.55 Å². The maximum absolute atomic E-state index is 11.4. The van der Waals surface area contributed by atoms with Gasteiger partial charge in [-0.25, -0.2) is 4.18 Å². The molecule has 6 nitrogen and oxygen atoms in total. The van der Waals surface area contributed by atoms with Crippen LogP contribution in [0.4, 0.5) is 0 Å². The van der Waals surface area contributed by atoms with Crippen LogP contribution < -0.4 is 0 Å². The van der Waals surface area contributed by atoms with Crippen LogP contribution >= 0.6 is 0 Å². The van der Waals surface area contributed by atoms with E-state index in [1.54, 1.807) is 0 Å². The lowest BCUT2D eigenvalue weighted by molar-refractivity contribution is -0.174. The van der Waals surface area contributed by atoms with E-state index < -0.39 is 16.5 Å². The van der Waals surface area contributed by atoms with Crippen molar-refractivity contribution in [3.63, 3.8) is 0 Å². The van der Waals surface area contributed by atoms with Crippen LogP contribution in [0, 0.1) is 52.3 Å². The van der Waals surface area contributed by atoms with Crippen molar-refractivity contribution < 1.29 is 27.4 Å². The molecule has 0 radical (unpaired) electrons. The Bertz CT molecular complexity index is 829. The smallest absolute Gasteiger partial charge is 0.393 e. The summed E-state index contributed by atoms with van der Waals surface area (Å²) in [5, 5.41) is 21.7. The number of aliphatic hydroxyl groups is 2. The zero-order chi connectivity index (χ0) is 25.1. The van der Waals surface area contributed by atoms with Gasteiger partial charge in [-0.2, -0.15) is 8.42 Å². The van der Waals surface area contributed by atoms with Crippen molar-refractivity contribution in [2.45, 2.75) is 117 Å². The van der Waals surface area contributed by atoms with Crippen molar-refractivity contribution in [2.75, 3.05) is 0 Å². The maximum Gasteiger partial charge on any atom is 0.397 e. The van der Waals surface area contributed by atoms with Gasteiger partial charge >= 0.3 is 10.4 Å². The Hall–Kier alpha value is -0.210. The molecule has 4 aliphatic rings. The van der Waals surface area contributed by atoms with Gasteiger partial charge in [0.1, 0.15) is 0 Å². The van der Waals surface area contributed by atoms with Gasteiger partial charge in [0.15, 0.2) is 0 Å². The van der Waals surface area contributed by atoms with Crippen LogP contribution in [0.5, 0.6) is 0 Å². The second-order valence-electron chi connectivity index (χ2n) is 13.3. The monoisotopic (exact) mass is 500 g/mol. The van der Waals surface area contributed by atoms with Crippen molar-refractivity contribution >= 4 is 10.4 Å². The van der Waals surface area contributed by atoms with Gasteiger partial charge in [0.2, 0.25) is 0 Å². The Kier molecular flexibility index (Phi) is 7.57. The molecule has 3 N–H and O–H groups in total. The predicted octanol–water partition coefficient (Wildman–Crippen LogP) is 5.24. The summed E-state index contributed by atoms with van der Waals surface area (Å²) in [7, 11) is -4.45. The Morgan fingerprint density at radius 1 is 0.912 bits per heavy atom. The third kappa shape index (κ3) is 4.85. The third-order valence-corrected chi connectivity index (χ3v) is 11.8. The molecule has 11 atom stereocenters. The molecular weight excluding hydrogens is 452 g/mol. The summed E-state index contributed by atoms with van der Waals surface area (Å²) >= 11 is 0. The lowest BCUT2D eigenvalue weighted by Crippen LogP contribution is -2.58. The van der Waals surface area contributed by atoms with Crippen molar-refractivity contribution in [3.8, 4) is 0 Å². The van der Waals surface area contributed by atoms with Crippen LogP contribution in [0.15, 0.2) is 0 Å². The van der Waals surface area contributed by atoms with E-state index in [2.05, 4.69) is 20.8 Å². The summed E-state index contributed by atoms with van der Waals surface area (Å²) in [6, 6.07) is 0. The minimum absolute atomic E-state index is 0.0107. The summed E-state index contributed by atoms with van der Waals surface area (Å²) in [6.45, 7) is 11.1. The number of fused-ring (bicyclic) bond motifs is 5. The highest BCUT2D eigenvalue weighted by atomic mass is 32.3. The van der Waals surface area contributed by atoms with E-state index in [-0.39, 0.29) is 29.0 Å². The lowest BCUT2D eigenvalue weighted by atomic mass is 9.43. The molecule has 0 amide bonds. The zero-order valence-corrected chi connectivity index (χ0v) is 22.6. The topological polar surface area (TPSA) is 104 Å². The largest absolute Gasteiger partial charge is 0.397 e. The van der Waals surface area contributed by atoms with E-state index in [0.717, 1.165) is 32.1 Å². The van der Waals surface area contributed by atoms with E-state index in [4.69, 9.17) is 4.18 Å². The Labute approximate surface area is 207 Å². The van der Waals surface area contributed by atoms with Crippen LogP contribution in [-0.2, 0) is 14.6 Å². The minimum Gasteiger partial charge on any atom is -0.393 e. The van der Waals surface area contributed by atoms with E-state index in [1.807, 2.05) is 13.8 Å². The zero-order valence-electron chi connectivity index (χ0n) is 21.8. The van der Waals surface area contributed by atoms with Gasteiger partial charge in [-0.05, 0) is 116 Å². The third-order valence-electron chi connectivity index (χ3n) is 11.3. The summed E-state index contributed by atoms with van der Waals surface area (Å²) in [5.41, 5.74) is 0.446. The molecule has 0 aromatic carbocycles. The molecule has 0 saturated heterocycles. The normalized spacial score (nSPS) is 46.4. The Morgan fingerprint density at radius 2 is 1.56 bits per heavy atom. The first-order chi connectivity index (χ1) is 15.8. The van der Waals surface area contributed by atoms with E-state index in [1.165, 1.54) is 25.7 Å². The Morgan fingerprint density at radius 3 is 2.21 bits per heavy atom. The van der Waals surface area contributed by atoms with Crippen LogP contribution in [0.3, 0.4) is 0 Å². The fraction of sp³-hybridized carbons (Fsp3) is 1.00. The molecule has 4 saturated carbocycles. The van der Waals surface area contributed by atoms with Crippen LogP contribution in [0.2, 0.25) is 0 Å². The SMILES string of the molecule is CC(C)[C@@H](CC[C@@H](C)[C@H]1CCC2C3C(O)C[C@@H]4CC(O)CC[C@]4(C)C3CC[C@@]21C)OS(=O)(=O)O. The first-order valence-corrected chi connectivity index (χ1v) is 15.1. The molecule has 0 heterocycles. The van der Waals surface area contributed by atoms with E-state index in [9.17, 15) is 23.2 Å². The van der Waals surface area contributed by atoms with Gasteiger partial charge in [-0.1, -0.05) is 34.6 Å². The number of hydrogen-bond acceptors (Lipinski definition) is 5. The quantitative estimate of drug-likeness (QED) is 0.413. The highest BCUT2D eigenvalue weighted by Crippen LogP contribution is 2.68. The Balaban J connectivity index is 1.47.